The molecule has 1 heterocycles. The maximum absolute atomic E-state index is 6.13. The van der Waals surface area contributed by atoms with Gasteiger partial charge in [0.25, 0.3) is 0 Å². The number of rotatable bonds is 9. The fourth-order valence-corrected chi connectivity index (χ4v) is 6.69. The maximum atomic E-state index is 6.13. The highest BCUT2D eigenvalue weighted by molar-refractivity contribution is 5.50. The Morgan fingerprint density at radius 2 is 1.74 bits per heavy atom. The van der Waals surface area contributed by atoms with Crippen molar-refractivity contribution in [3.8, 4) is 11.5 Å². The van der Waals surface area contributed by atoms with Crippen LogP contribution in [0.2, 0.25) is 0 Å². The van der Waals surface area contributed by atoms with Gasteiger partial charge in [0.2, 0.25) is 0 Å². The first-order valence-corrected chi connectivity index (χ1v) is 12.6. The zero-order valence-electron chi connectivity index (χ0n) is 21.6. The van der Waals surface area contributed by atoms with Crippen molar-refractivity contribution in [1.82, 2.24) is 0 Å². The molecule has 1 aromatic rings. The SMILES string of the molecule is C=C1CCC[C@H]2[C@](C)(Cc3cc(C4OCCO4)cc(OCOC)c3OCOC)[C@@H](C)CC[C@]12C. The average molecular weight is 475 g/mol. The Morgan fingerprint density at radius 1 is 1.03 bits per heavy atom. The minimum Gasteiger partial charge on any atom is -0.464 e. The molecule has 0 N–H and O–H groups in total. The number of ether oxygens (including phenoxy) is 6. The van der Waals surface area contributed by atoms with Crippen LogP contribution in [0.1, 0.15) is 70.3 Å². The predicted molar refractivity (Wildman–Crippen MR) is 131 cm³/mol. The maximum Gasteiger partial charge on any atom is 0.188 e. The Kier molecular flexibility index (Phi) is 7.92. The van der Waals surface area contributed by atoms with Crippen molar-refractivity contribution in [2.24, 2.45) is 22.7 Å². The van der Waals surface area contributed by atoms with Gasteiger partial charge in [-0.1, -0.05) is 32.9 Å². The molecule has 0 radical (unpaired) electrons. The molecular weight excluding hydrogens is 432 g/mol. The highest BCUT2D eigenvalue weighted by Gasteiger charge is 2.54. The van der Waals surface area contributed by atoms with Crippen LogP contribution in [0, 0.1) is 22.7 Å². The summed E-state index contributed by atoms with van der Waals surface area (Å²) in [4.78, 5) is 0. The van der Waals surface area contributed by atoms with Crippen LogP contribution in [-0.4, -0.2) is 41.0 Å². The van der Waals surface area contributed by atoms with Crippen LogP contribution in [-0.2, 0) is 25.4 Å². The zero-order valence-corrected chi connectivity index (χ0v) is 21.6. The van der Waals surface area contributed by atoms with E-state index in [1.807, 2.05) is 6.07 Å². The van der Waals surface area contributed by atoms with Crippen LogP contribution in [0.4, 0.5) is 0 Å². The van der Waals surface area contributed by atoms with Gasteiger partial charge in [-0.05, 0) is 78.9 Å². The summed E-state index contributed by atoms with van der Waals surface area (Å²) in [5.41, 5.74) is 3.78. The van der Waals surface area contributed by atoms with Gasteiger partial charge in [0, 0.05) is 19.8 Å². The van der Waals surface area contributed by atoms with Crippen LogP contribution in [0.3, 0.4) is 0 Å². The van der Waals surface area contributed by atoms with Crippen molar-refractivity contribution in [2.75, 3.05) is 41.0 Å². The summed E-state index contributed by atoms with van der Waals surface area (Å²) >= 11 is 0. The first-order chi connectivity index (χ1) is 16.3. The summed E-state index contributed by atoms with van der Waals surface area (Å²) in [5.74, 6) is 2.51. The summed E-state index contributed by atoms with van der Waals surface area (Å²) in [6.07, 6.45) is 6.54. The Bertz CT molecular complexity index is 863. The summed E-state index contributed by atoms with van der Waals surface area (Å²) in [5, 5.41) is 0. The van der Waals surface area contributed by atoms with Crippen molar-refractivity contribution in [2.45, 2.75) is 65.6 Å². The van der Waals surface area contributed by atoms with E-state index in [0.29, 0.717) is 30.8 Å². The first kappa shape index (κ1) is 25.5. The number of hydrogen-bond donors (Lipinski definition) is 0. The van der Waals surface area contributed by atoms with Crippen LogP contribution in [0.5, 0.6) is 11.5 Å². The molecule has 3 aliphatic rings. The highest BCUT2D eigenvalue weighted by atomic mass is 16.7. The van der Waals surface area contributed by atoms with E-state index in [1.165, 1.54) is 31.3 Å². The van der Waals surface area contributed by atoms with E-state index in [2.05, 4.69) is 33.4 Å². The lowest BCUT2D eigenvalue weighted by atomic mass is 9.46. The van der Waals surface area contributed by atoms with Crippen LogP contribution in [0.15, 0.2) is 24.3 Å². The van der Waals surface area contributed by atoms with Crippen molar-refractivity contribution in [3.05, 3.63) is 35.4 Å². The standard InChI is InChI=1S/C28H42O6/c1-19-8-7-9-24-27(19,3)11-10-20(2)28(24,4)16-22-14-21(26-31-12-13-32-26)15-23(33-17-29-5)25(22)34-18-30-6/h14-15,20,24,26H,1,7-13,16-18H2,2-6H3/t20-,24+,27+,28+/m0/s1. The summed E-state index contributed by atoms with van der Waals surface area (Å²) in [6.45, 7) is 13.3. The molecule has 0 amide bonds. The van der Waals surface area contributed by atoms with Gasteiger partial charge in [-0.3, -0.25) is 0 Å². The van der Waals surface area contributed by atoms with Gasteiger partial charge in [-0.2, -0.15) is 0 Å². The molecule has 6 heteroatoms. The second-order valence-electron chi connectivity index (χ2n) is 10.8. The molecule has 4 rings (SSSR count). The lowest BCUT2D eigenvalue weighted by Gasteiger charge is -2.59. The fraction of sp³-hybridized carbons (Fsp3) is 0.714. The topological polar surface area (TPSA) is 55.4 Å². The fourth-order valence-electron chi connectivity index (χ4n) is 6.69. The molecule has 1 saturated heterocycles. The molecule has 2 saturated carbocycles. The number of hydrogen-bond acceptors (Lipinski definition) is 6. The molecule has 0 unspecified atom stereocenters. The number of allylic oxidation sites excluding steroid dienone is 1. The third-order valence-electron chi connectivity index (χ3n) is 8.84. The van der Waals surface area contributed by atoms with Crippen molar-refractivity contribution in [1.29, 1.82) is 0 Å². The minimum absolute atomic E-state index is 0.0933. The second-order valence-corrected chi connectivity index (χ2v) is 10.8. The van der Waals surface area contributed by atoms with Gasteiger partial charge in [0.15, 0.2) is 31.4 Å². The van der Waals surface area contributed by atoms with Crippen LogP contribution < -0.4 is 9.47 Å². The van der Waals surface area contributed by atoms with Gasteiger partial charge in [0.05, 0.1) is 13.2 Å². The molecule has 4 atom stereocenters. The second kappa shape index (κ2) is 10.6. The van der Waals surface area contributed by atoms with E-state index in [1.54, 1.807) is 14.2 Å². The lowest BCUT2D eigenvalue weighted by Crippen LogP contribution is -2.51. The molecule has 0 spiro atoms. The van der Waals surface area contributed by atoms with Gasteiger partial charge >= 0.3 is 0 Å². The third kappa shape index (κ3) is 4.75. The number of methoxy groups -OCH3 is 2. The van der Waals surface area contributed by atoms with Crippen molar-refractivity contribution >= 4 is 0 Å². The Balaban J connectivity index is 1.77. The third-order valence-corrected chi connectivity index (χ3v) is 8.84. The number of fused-ring (bicyclic) bond motifs is 1. The van der Waals surface area contributed by atoms with E-state index in [9.17, 15) is 0 Å². The molecule has 34 heavy (non-hydrogen) atoms. The van der Waals surface area contributed by atoms with Gasteiger partial charge in [-0.25, -0.2) is 0 Å². The quantitative estimate of drug-likeness (QED) is 0.321. The molecule has 6 nitrogen and oxygen atoms in total. The Labute approximate surface area is 204 Å². The zero-order chi connectivity index (χ0) is 24.3. The molecule has 0 aromatic heterocycles. The highest BCUT2D eigenvalue weighted by Crippen LogP contribution is 2.62. The summed E-state index contributed by atoms with van der Waals surface area (Å²) < 4.78 is 34.3. The van der Waals surface area contributed by atoms with E-state index in [0.717, 1.165) is 29.7 Å². The number of benzene rings is 1. The smallest absolute Gasteiger partial charge is 0.188 e. The first-order valence-electron chi connectivity index (χ1n) is 12.6. The molecule has 2 aliphatic carbocycles. The molecule has 3 fully saturated rings. The Morgan fingerprint density at radius 3 is 2.44 bits per heavy atom. The monoisotopic (exact) mass is 474 g/mol. The van der Waals surface area contributed by atoms with Gasteiger partial charge in [-0.15, -0.1) is 0 Å². The molecule has 190 valence electrons. The Hall–Kier alpha value is -1.60. The largest absolute Gasteiger partial charge is 0.464 e. The van der Waals surface area contributed by atoms with Crippen LogP contribution >= 0.6 is 0 Å². The molecule has 0 bridgehead atoms. The van der Waals surface area contributed by atoms with Crippen LogP contribution in [0.25, 0.3) is 0 Å². The normalized spacial score (nSPS) is 32.0. The summed E-state index contributed by atoms with van der Waals surface area (Å²) in [6, 6.07) is 4.13. The van der Waals surface area contributed by atoms with E-state index in [-0.39, 0.29) is 24.4 Å². The molecule has 1 aliphatic heterocycles. The predicted octanol–water partition coefficient (Wildman–Crippen LogP) is 6.04. The molecular formula is C28H42O6. The van der Waals surface area contributed by atoms with E-state index >= 15 is 0 Å². The van der Waals surface area contributed by atoms with Gasteiger partial charge < -0.3 is 28.4 Å². The minimum atomic E-state index is -0.392. The summed E-state index contributed by atoms with van der Waals surface area (Å²) in [7, 11) is 3.25. The van der Waals surface area contributed by atoms with E-state index < -0.39 is 6.29 Å². The lowest BCUT2D eigenvalue weighted by molar-refractivity contribution is -0.0507. The van der Waals surface area contributed by atoms with E-state index in [4.69, 9.17) is 28.4 Å². The van der Waals surface area contributed by atoms with Crippen molar-refractivity contribution < 1.29 is 28.4 Å². The average Bonchev–Trinajstić information content (AvgIpc) is 3.36. The molecule has 1 aromatic carbocycles. The van der Waals surface area contributed by atoms with Gasteiger partial charge in [0.1, 0.15) is 0 Å². The van der Waals surface area contributed by atoms with Crippen molar-refractivity contribution in [3.63, 3.8) is 0 Å².